The molecule has 3 heterocycles. The predicted molar refractivity (Wildman–Crippen MR) is 107 cm³/mol. The Morgan fingerprint density at radius 1 is 1.31 bits per heavy atom. The fourth-order valence-electron chi connectivity index (χ4n) is 3.24. The van der Waals surface area contributed by atoms with Crippen molar-refractivity contribution in [2.75, 3.05) is 18.4 Å². The molecule has 0 bridgehead atoms. The van der Waals surface area contributed by atoms with Crippen LogP contribution in [0, 0.1) is 11.7 Å². The number of benzene rings is 1. The van der Waals surface area contributed by atoms with Crippen LogP contribution < -0.4 is 5.32 Å². The monoisotopic (exact) mass is 399 g/mol. The first-order valence-electron chi connectivity index (χ1n) is 9.73. The van der Waals surface area contributed by atoms with Crippen LogP contribution in [0.4, 0.5) is 19.3 Å². The molecular formula is C21H23F2N5O. The van der Waals surface area contributed by atoms with Crippen LogP contribution >= 0.6 is 0 Å². The second-order valence-corrected chi connectivity index (χ2v) is 7.86. The van der Waals surface area contributed by atoms with E-state index in [0.717, 1.165) is 23.8 Å². The SMILES string of the molecule is CC(C)CCc1cnc2nn(-c3cc(NC(=O)N4CC(F)C4)ccc3F)cc2c1. The number of fused-ring (bicyclic) bond motifs is 1. The number of nitrogens with one attached hydrogen (secondary N) is 1. The smallest absolute Gasteiger partial charge is 0.319 e. The summed E-state index contributed by atoms with van der Waals surface area (Å²) in [7, 11) is 0. The minimum absolute atomic E-state index is 0.0786. The van der Waals surface area contributed by atoms with Gasteiger partial charge in [-0.2, -0.15) is 0 Å². The number of pyridine rings is 1. The number of halogens is 2. The van der Waals surface area contributed by atoms with E-state index >= 15 is 0 Å². The molecule has 1 aromatic carbocycles. The van der Waals surface area contributed by atoms with Crippen molar-refractivity contribution in [2.24, 2.45) is 5.92 Å². The minimum atomic E-state index is -0.973. The molecule has 1 aliphatic heterocycles. The van der Waals surface area contributed by atoms with Crippen molar-refractivity contribution in [3.05, 3.63) is 48.0 Å². The highest BCUT2D eigenvalue weighted by molar-refractivity contribution is 5.90. The fourth-order valence-corrected chi connectivity index (χ4v) is 3.24. The third-order valence-corrected chi connectivity index (χ3v) is 4.99. The molecule has 0 atom stereocenters. The number of alkyl halides is 1. The highest BCUT2D eigenvalue weighted by Gasteiger charge is 2.30. The maximum atomic E-state index is 14.4. The first kappa shape index (κ1) is 19.3. The Labute approximate surface area is 167 Å². The molecule has 1 aliphatic rings. The van der Waals surface area contributed by atoms with Gasteiger partial charge in [-0.15, -0.1) is 5.10 Å². The van der Waals surface area contributed by atoms with Crippen molar-refractivity contribution in [1.82, 2.24) is 19.7 Å². The van der Waals surface area contributed by atoms with Gasteiger partial charge in [-0.25, -0.2) is 23.2 Å². The predicted octanol–water partition coefficient (Wildman–Crippen LogP) is 4.33. The Kier molecular flexibility index (Phi) is 5.17. The van der Waals surface area contributed by atoms with Gasteiger partial charge >= 0.3 is 6.03 Å². The zero-order chi connectivity index (χ0) is 20.5. The Morgan fingerprint density at radius 2 is 2.10 bits per heavy atom. The van der Waals surface area contributed by atoms with Gasteiger partial charge in [0.05, 0.1) is 13.1 Å². The van der Waals surface area contributed by atoms with Crippen molar-refractivity contribution in [2.45, 2.75) is 32.9 Å². The third-order valence-electron chi connectivity index (χ3n) is 4.99. The van der Waals surface area contributed by atoms with Crippen LogP contribution in [-0.2, 0) is 6.42 Å². The fraction of sp³-hybridized carbons (Fsp3) is 0.381. The topological polar surface area (TPSA) is 63.1 Å². The maximum absolute atomic E-state index is 14.4. The summed E-state index contributed by atoms with van der Waals surface area (Å²) in [6, 6.07) is 5.86. The lowest BCUT2D eigenvalue weighted by Crippen LogP contribution is -2.53. The molecule has 152 valence electrons. The second kappa shape index (κ2) is 7.77. The van der Waals surface area contributed by atoms with Crippen LogP contribution in [-0.4, -0.2) is 45.0 Å². The maximum Gasteiger partial charge on any atom is 0.322 e. The van der Waals surface area contributed by atoms with Gasteiger partial charge in [0.2, 0.25) is 0 Å². The normalized spacial score (nSPS) is 14.4. The molecule has 1 saturated heterocycles. The molecule has 0 aliphatic carbocycles. The standard InChI is InChI=1S/C21H23F2N5O/c1-13(2)3-4-14-7-15-10-28(26-20(15)24-9-14)19-8-17(5-6-18(19)23)25-21(29)27-11-16(22)12-27/h5-10,13,16H,3-4,11-12H2,1-2H3,(H,25,29). The van der Waals surface area contributed by atoms with Crippen molar-refractivity contribution >= 4 is 22.8 Å². The summed E-state index contributed by atoms with van der Waals surface area (Å²) in [5.41, 5.74) is 2.27. The number of nitrogens with zero attached hydrogens (tertiary/aromatic N) is 4. The molecule has 0 unspecified atom stereocenters. The molecule has 1 N–H and O–H groups in total. The first-order chi connectivity index (χ1) is 13.9. The number of urea groups is 1. The van der Waals surface area contributed by atoms with Gasteiger partial charge in [0, 0.05) is 23.5 Å². The van der Waals surface area contributed by atoms with Gasteiger partial charge in [0.1, 0.15) is 17.7 Å². The highest BCUT2D eigenvalue weighted by atomic mass is 19.1. The summed E-state index contributed by atoms with van der Waals surface area (Å²) in [6.45, 7) is 4.51. The van der Waals surface area contributed by atoms with E-state index in [1.165, 1.54) is 27.8 Å². The van der Waals surface area contributed by atoms with Gasteiger partial charge in [-0.05, 0) is 48.6 Å². The summed E-state index contributed by atoms with van der Waals surface area (Å²) < 4.78 is 28.8. The van der Waals surface area contributed by atoms with E-state index < -0.39 is 18.0 Å². The van der Waals surface area contributed by atoms with Crippen LogP contribution in [0.3, 0.4) is 0 Å². The number of hydrogen-bond donors (Lipinski definition) is 1. The van der Waals surface area contributed by atoms with E-state index in [1.54, 1.807) is 12.4 Å². The molecule has 6 nitrogen and oxygen atoms in total. The lowest BCUT2D eigenvalue weighted by Gasteiger charge is -2.34. The summed E-state index contributed by atoms with van der Waals surface area (Å²) in [4.78, 5) is 17.8. The van der Waals surface area contributed by atoms with E-state index in [-0.39, 0.29) is 18.8 Å². The van der Waals surface area contributed by atoms with E-state index in [4.69, 9.17) is 0 Å². The van der Waals surface area contributed by atoms with Crippen LogP contribution in [0.15, 0.2) is 36.7 Å². The van der Waals surface area contributed by atoms with E-state index in [1.807, 2.05) is 6.07 Å². The van der Waals surface area contributed by atoms with Crippen molar-refractivity contribution in [1.29, 1.82) is 0 Å². The minimum Gasteiger partial charge on any atom is -0.319 e. The largest absolute Gasteiger partial charge is 0.322 e. The lowest BCUT2D eigenvalue weighted by atomic mass is 10.0. The number of likely N-dealkylation sites (tertiary alicyclic amines) is 1. The number of rotatable bonds is 5. The Hall–Kier alpha value is -3.03. The van der Waals surface area contributed by atoms with Gasteiger partial charge in [-0.3, -0.25) is 0 Å². The zero-order valence-corrected chi connectivity index (χ0v) is 16.4. The number of amides is 2. The molecule has 2 amide bonds. The van der Waals surface area contributed by atoms with E-state index in [0.29, 0.717) is 17.3 Å². The Morgan fingerprint density at radius 3 is 2.83 bits per heavy atom. The summed E-state index contributed by atoms with van der Waals surface area (Å²) >= 11 is 0. The van der Waals surface area contributed by atoms with E-state index in [2.05, 4.69) is 29.2 Å². The summed E-state index contributed by atoms with van der Waals surface area (Å²) in [5.74, 6) is 0.135. The average Bonchev–Trinajstić information content (AvgIpc) is 3.08. The van der Waals surface area contributed by atoms with Crippen molar-refractivity contribution in [3.8, 4) is 5.69 Å². The number of carbonyl (C=O) groups is 1. The Balaban J connectivity index is 1.56. The van der Waals surface area contributed by atoms with Crippen LogP contribution in [0.2, 0.25) is 0 Å². The van der Waals surface area contributed by atoms with Crippen LogP contribution in [0.1, 0.15) is 25.8 Å². The second-order valence-electron chi connectivity index (χ2n) is 7.86. The molecule has 2 aromatic heterocycles. The summed E-state index contributed by atoms with van der Waals surface area (Å²) in [6.07, 6.45) is 4.56. The highest BCUT2D eigenvalue weighted by Crippen LogP contribution is 2.23. The van der Waals surface area contributed by atoms with Crippen LogP contribution in [0.5, 0.6) is 0 Å². The van der Waals surface area contributed by atoms with Gasteiger partial charge in [0.25, 0.3) is 0 Å². The molecule has 0 radical (unpaired) electrons. The number of hydrogen-bond acceptors (Lipinski definition) is 3. The lowest BCUT2D eigenvalue weighted by molar-refractivity contribution is 0.0974. The molecule has 0 spiro atoms. The van der Waals surface area contributed by atoms with E-state index in [9.17, 15) is 13.6 Å². The first-order valence-corrected chi connectivity index (χ1v) is 9.73. The summed E-state index contributed by atoms with van der Waals surface area (Å²) in [5, 5.41) is 7.86. The third kappa shape index (κ3) is 4.21. The zero-order valence-electron chi connectivity index (χ0n) is 16.4. The molecule has 3 aromatic rings. The van der Waals surface area contributed by atoms with Crippen molar-refractivity contribution < 1.29 is 13.6 Å². The number of carbonyl (C=O) groups excluding carboxylic acids is 1. The van der Waals surface area contributed by atoms with Gasteiger partial charge in [-0.1, -0.05) is 13.8 Å². The number of aromatic nitrogens is 3. The van der Waals surface area contributed by atoms with Crippen LogP contribution in [0.25, 0.3) is 16.7 Å². The number of aryl methyl sites for hydroxylation is 1. The molecule has 29 heavy (non-hydrogen) atoms. The van der Waals surface area contributed by atoms with Crippen molar-refractivity contribution in [3.63, 3.8) is 0 Å². The quantitative estimate of drug-likeness (QED) is 0.694. The van der Waals surface area contributed by atoms with Gasteiger partial charge in [0.15, 0.2) is 5.65 Å². The molecule has 4 rings (SSSR count). The molecule has 0 saturated carbocycles. The molecular weight excluding hydrogens is 376 g/mol. The van der Waals surface area contributed by atoms with Gasteiger partial charge < -0.3 is 10.2 Å². The molecule has 8 heteroatoms. The Bertz CT molecular complexity index is 1040. The average molecular weight is 399 g/mol. The number of anilines is 1. The molecule has 1 fully saturated rings.